The van der Waals surface area contributed by atoms with Crippen LogP contribution in [-0.4, -0.2) is 14.0 Å². The number of hydrogen-bond acceptors (Lipinski definition) is 3. The van der Waals surface area contributed by atoms with Gasteiger partial charge in [0, 0.05) is 0 Å². The molecule has 0 unspecified atom stereocenters. The van der Waals surface area contributed by atoms with Crippen molar-refractivity contribution in [2.75, 3.05) is 4.31 Å². The number of anilines is 1. The van der Waals surface area contributed by atoms with Crippen molar-refractivity contribution in [3.05, 3.63) is 59.2 Å². The largest absolute Gasteiger partial charge is 0.372 e. The highest BCUT2D eigenvalue weighted by Gasteiger charge is 2.43. The van der Waals surface area contributed by atoms with E-state index in [0.29, 0.717) is 18.1 Å². The summed E-state index contributed by atoms with van der Waals surface area (Å²) >= 11 is 0. The molecule has 2 aliphatic rings. The minimum atomic E-state index is -3.60. The topological polar surface area (TPSA) is 46.6 Å². The van der Waals surface area contributed by atoms with Crippen LogP contribution in [0.2, 0.25) is 0 Å². The molecule has 0 aromatic heterocycles. The van der Waals surface area contributed by atoms with Gasteiger partial charge in [-0.05, 0) is 55.2 Å². The van der Waals surface area contributed by atoms with Crippen molar-refractivity contribution < 1.29 is 13.2 Å². The minimum absolute atomic E-state index is 0.339. The molecule has 0 amide bonds. The molecule has 0 bridgehead atoms. The Balaban J connectivity index is 1.85. The summed E-state index contributed by atoms with van der Waals surface area (Å²) in [5.74, 6) is 0. The lowest BCUT2D eigenvalue weighted by Gasteiger charge is -2.33. The second-order valence-corrected chi connectivity index (χ2v) is 8.60. The zero-order chi connectivity index (χ0) is 16.2. The van der Waals surface area contributed by atoms with Gasteiger partial charge in [0.05, 0.1) is 29.3 Å². The second-order valence-electron chi connectivity index (χ2n) is 6.81. The highest BCUT2D eigenvalue weighted by molar-refractivity contribution is 7.93. The maximum atomic E-state index is 13.3. The Hall–Kier alpha value is -1.85. The minimum Gasteiger partial charge on any atom is -0.372 e. The van der Waals surface area contributed by atoms with Crippen LogP contribution >= 0.6 is 0 Å². The number of benzene rings is 2. The van der Waals surface area contributed by atoms with Crippen LogP contribution in [0, 0.1) is 0 Å². The first-order valence-corrected chi connectivity index (χ1v) is 9.16. The summed E-state index contributed by atoms with van der Waals surface area (Å²) < 4.78 is 33.6. The van der Waals surface area contributed by atoms with E-state index in [1.165, 1.54) is 0 Å². The molecule has 0 radical (unpaired) electrons. The van der Waals surface area contributed by atoms with Gasteiger partial charge in [-0.2, -0.15) is 0 Å². The van der Waals surface area contributed by atoms with Crippen molar-refractivity contribution in [3.63, 3.8) is 0 Å². The summed E-state index contributed by atoms with van der Waals surface area (Å²) in [7, 11) is -3.60. The standard InChI is InChI=1S/C18H19NO3S/c1-18(2)10-13-5-3-4-6-17(13)19(18)23(20,21)16-8-7-14-11-22-12-15(14)9-16/h3-9H,10-12H2,1-2H3. The van der Waals surface area contributed by atoms with Crippen molar-refractivity contribution in [3.8, 4) is 0 Å². The second kappa shape index (κ2) is 4.82. The third kappa shape index (κ3) is 2.18. The van der Waals surface area contributed by atoms with Crippen LogP contribution in [0.25, 0.3) is 0 Å². The summed E-state index contributed by atoms with van der Waals surface area (Å²) in [6.45, 7) is 4.99. The monoisotopic (exact) mass is 329 g/mol. The molecule has 4 nitrogen and oxygen atoms in total. The third-order valence-electron chi connectivity index (χ3n) is 4.61. The van der Waals surface area contributed by atoms with Crippen LogP contribution in [0.15, 0.2) is 47.4 Å². The maximum absolute atomic E-state index is 13.3. The summed E-state index contributed by atoms with van der Waals surface area (Å²) in [6.07, 6.45) is 0.719. The lowest BCUT2D eigenvalue weighted by atomic mass is 10.0. The lowest BCUT2D eigenvalue weighted by Crippen LogP contribution is -2.45. The van der Waals surface area contributed by atoms with Gasteiger partial charge in [-0.25, -0.2) is 8.42 Å². The van der Waals surface area contributed by atoms with Gasteiger partial charge in [-0.1, -0.05) is 24.3 Å². The first kappa shape index (κ1) is 14.7. The molecular formula is C18H19NO3S. The first-order valence-electron chi connectivity index (χ1n) is 7.72. The number of hydrogen-bond donors (Lipinski definition) is 0. The normalized spacial score (nSPS) is 18.8. The molecule has 2 aromatic carbocycles. The Morgan fingerprint density at radius 2 is 1.74 bits per heavy atom. The quantitative estimate of drug-likeness (QED) is 0.850. The Labute approximate surface area is 136 Å². The van der Waals surface area contributed by atoms with E-state index in [1.54, 1.807) is 16.4 Å². The van der Waals surface area contributed by atoms with Crippen LogP contribution in [0.1, 0.15) is 30.5 Å². The molecule has 2 heterocycles. The average Bonchev–Trinajstić information content (AvgIpc) is 3.05. The SMILES string of the molecule is CC1(C)Cc2ccccc2N1S(=O)(=O)c1ccc2c(c1)COC2. The molecule has 0 saturated carbocycles. The Bertz CT molecular complexity index is 887. The molecule has 2 aliphatic heterocycles. The Kier molecular flexibility index (Phi) is 3.09. The molecule has 2 aromatic rings. The van der Waals surface area contributed by atoms with Crippen LogP contribution < -0.4 is 4.31 Å². The molecule has 5 heteroatoms. The summed E-state index contributed by atoms with van der Waals surface area (Å²) in [5.41, 5.74) is 3.43. The van der Waals surface area contributed by atoms with Gasteiger partial charge in [0.15, 0.2) is 0 Å². The fourth-order valence-corrected chi connectivity index (χ4v) is 5.49. The third-order valence-corrected chi connectivity index (χ3v) is 6.64. The van der Waals surface area contributed by atoms with E-state index < -0.39 is 15.6 Å². The van der Waals surface area contributed by atoms with Crippen molar-refractivity contribution in [2.45, 2.75) is 43.9 Å². The van der Waals surface area contributed by atoms with Crippen LogP contribution in [0.4, 0.5) is 5.69 Å². The van der Waals surface area contributed by atoms with Crippen molar-refractivity contribution in [2.24, 2.45) is 0 Å². The van der Waals surface area contributed by atoms with E-state index in [9.17, 15) is 8.42 Å². The number of fused-ring (bicyclic) bond motifs is 2. The summed E-state index contributed by atoms with van der Waals surface area (Å²) in [5, 5.41) is 0. The highest BCUT2D eigenvalue weighted by atomic mass is 32.2. The van der Waals surface area contributed by atoms with Crippen molar-refractivity contribution >= 4 is 15.7 Å². The highest BCUT2D eigenvalue weighted by Crippen LogP contribution is 2.42. The molecular weight excluding hydrogens is 310 g/mol. The first-order chi connectivity index (χ1) is 10.9. The van der Waals surface area contributed by atoms with E-state index in [4.69, 9.17) is 4.74 Å². The maximum Gasteiger partial charge on any atom is 0.264 e. The lowest BCUT2D eigenvalue weighted by molar-refractivity contribution is 0.134. The Morgan fingerprint density at radius 1 is 1.00 bits per heavy atom. The van der Waals surface area contributed by atoms with Crippen molar-refractivity contribution in [1.29, 1.82) is 0 Å². The predicted molar refractivity (Wildman–Crippen MR) is 88.8 cm³/mol. The molecule has 4 rings (SSSR count). The van der Waals surface area contributed by atoms with Crippen molar-refractivity contribution in [1.82, 2.24) is 0 Å². The molecule has 23 heavy (non-hydrogen) atoms. The number of rotatable bonds is 2. The predicted octanol–water partition coefficient (Wildman–Crippen LogP) is 3.25. The summed E-state index contributed by atoms with van der Waals surface area (Å²) in [4.78, 5) is 0.339. The number of sulfonamides is 1. The van der Waals surface area contributed by atoms with Crippen LogP contribution in [-0.2, 0) is 34.4 Å². The smallest absolute Gasteiger partial charge is 0.264 e. The molecule has 0 spiro atoms. The molecule has 0 aliphatic carbocycles. The van der Waals surface area contributed by atoms with E-state index >= 15 is 0 Å². The van der Waals surface area contributed by atoms with Gasteiger partial charge < -0.3 is 4.74 Å². The van der Waals surface area contributed by atoms with E-state index in [-0.39, 0.29) is 0 Å². The fourth-order valence-electron chi connectivity index (χ4n) is 3.59. The van der Waals surface area contributed by atoms with E-state index in [1.807, 2.05) is 44.2 Å². The fraction of sp³-hybridized carbons (Fsp3) is 0.333. The zero-order valence-corrected chi connectivity index (χ0v) is 14.1. The van der Waals surface area contributed by atoms with E-state index in [0.717, 1.165) is 28.8 Å². The van der Waals surface area contributed by atoms with Gasteiger partial charge in [-0.15, -0.1) is 0 Å². The summed E-state index contributed by atoms with van der Waals surface area (Å²) in [6, 6.07) is 13.1. The molecule has 120 valence electrons. The number of nitrogens with zero attached hydrogens (tertiary/aromatic N) is 1. The number of para-hydroxylation sites is 1. The molecule has 0 atom stereocenters. The van der Waals surface area contributed by atoms with Gasteiger partial charge >= 0.3 is 0 Å². The van der Waals surface area contributed by atoms with Crippen LogP contribution in [0.5, 0.6) is 0 Å². The molecule has 0 fully saturated rings. The Morgan fingerprint density at radius 3 is 2.57 bits per heavy atom. The average molecular weight is 329 g/mol. The van der Waals surface area contributed by atoms with E-state index in [2.05, 4.69) is 0 Å². The van der Waals surface area contributed by atoms with Gasteiger partial charge in [-0.3, -0.25) is 4.31 Å². The number of ether oxygens (including phenoxy) is 1. The molecule has 0 N–H and O–H groups in total. The van der Waals surface area contributed by atoms with Crippen LogP contribution in [0.3, 0.4) is 0 Å². The van der Waals surface area contributed by atoms with Gasteiger partial charge in [0.1, 0.15) is 0 Å². The zero-order valence-electron chi connectivity index (χ0n) is 13.2. The van der Waals surface area contributed by atoms with Gasteiger partial charge in [0.25, 0.3) is 10.0 Å². The van der Waals surface area contributed by atoms with Gasteiger partial charge in [0.2, 0.25) is 0 Å². The molecule has 0 saturated heterocycles.